The van der Waals surface area contributed by atoms with Crippen molar-refractivity contribution in [3.63, 3.8) is 0 Å². The predicted octanol–water partition coefficient (Wildman–Crippen LogP) is 4.69. The van der Waals surface area contributed by atoms with Gasteiger partial charge in [0.15, 0.2) is 8.32 Å². The summed E-state index contributed by atoms with van der Waals surface area (Å²) in [6, 6.07) is 5.73. The van der Waals surface area contributed by atoms with Crippen LogP contribution in [-0.4, -0.2) is 53.8 Å². The van der Waals surface area contributed by atoms with Crippen LogP contribution in [0, 0.1) is 22.0 Å². The van der Waals surface area contributed by atoms with Crippen LogP contribution < -0.4 is 0 Å². The van der Waals surface area contributed by atoms with E-state index < -0.39 is 31.2 Å². The number of aliphatic carboxylic acids is 1. The summed E-state index contributed by atoms with van der Waals surface area (Å²) in [4.78, 5) is 40.5. The van der Waals surface area contributed by atoms with E-state index in [-0.39, 0.29) is 35.9 Å². The van der Waals surface area contributed by atoms with Gasteiger partial charge in [-0.05, 0) is 49.5 Å². The lowest BCUT2D eigenvalue weighted by Crippen LogP contribution is -2.65. The number of fused-ring (bicyclic) bond motifs is 1. The summed E-state index contributed by atoms with van der Waals surface area (Å²) in [5.41, 5.74) is 9.16. The molecule has 186 valence electrons. The number of β-lactam (4-membered cyclic amide) rings is 1. The van der Waals surface area contributed by atoms with Gasteiger partial charge < -0.3 is 14.4 Å². The Bertz CT molecular complexity index is 1130. The van der Waals surface area contributed by atoms with Gasteiger partial charge in [-0.15, -0.1) is 11.8 Å². The first-order valence-electron chi connectivity index (χ1n) is 11.0. The van der Waals surface area contributed by atoms with Gasteiger partial charge >= 0.3 is 5.97 Å². The monoisotopic (exact) mass is 517 g/mol. The quantitative estimate of drug-likeness (QED) is 0.0847. The Labute approximate surface area is 207 Å². The van der Waals surface area contributed by atoms with Crippen molar-refractivity contribution in [3.8, 4) is 0 Å². The second-order valence-corrected chi connectivity index (χ2v) is 14.7. The molecule has 4 atom stereocenters. The van der Waals surface area contributed by atoms with Gasteiger partial charge in [0.1, 0.15) is 5.70 Å². The van der Waals surface area contributed by atoms with Crippen molar-refractivity contribution in [1.82, 2.24) is 4.90 Å². The number of non-ortho nitro benzene ring substituents is 1. The first-order valence-corrected chi connectivity index (χ1v) is 15.3. The molecule has 1 unspecified atom stereocenters. The van der Waals surface area contributed by atoms with Crippen LogP contribution in [0.3, 0.4) is 0 Å². The van der Waals surface area contributed by atoms with Crippen LogP contribution in [0.4, 0.5) is 5.69 Å². The molecule has 35 heavy (non-hydrogen) atoms. The molecule has 1 N–H and O–H groups in total. The van der Waals surface area contributed by atoms with Crippen molar-refractivity contribution in [2.45, 2.75) is 45.1 Å². The number of nitro groups is 1. The Morgan fingerprint density at radius 1 is 1.40 bits per heavy atom. The number of hydrogen-bond acceptors (Lipinski definition) is 7. The van der Waals surface area contributed by atoms with Crippen molar-refractivity contribution < 1.29 is 24.0 Å². The number of carbonyl (C=O) groups excluding carboxylic acids is 1. The number of rotatable bonds is 11. The van der Waals surface area contributed by atoms with Crippen LogP contribution in [0.2, 0.25) is 19.6 Å². The molecule has 0 radical (unpaired) electrons. The van der Waals surface area contributed by atoms with Crippen LogP contribution in [0.15, 0.2) is 51.5 Å². The maximum Gasteiger partial charge on any atom is 0.353 e. The van der Waals surface area contributed by atoms with E-state index in [2.05, 4.69) is 10.0 Å². The summed E-state index contributed by atoms with van der Waals surface area (Å²) in [6.07, 6.45) is 1.63. The van der Waals surface area contributed by atoms with Crippen molar-refractivity contribution in [2.75, 3.05) is 6.54 Å². The van der Waals surface area contributed by atoms with Crippen LogP contribution in [0.1, 0.15) is 12.5 Å². The van der Waals surface area contributed by atoms with Gasteiger partial charge in [-0.2, -0.15) is 0 Å². The van der Waals surface area contributed by atoms with Crippen molar-refractivity contribution >= 4 is 37.6 Å². The minimum absolute atomic E-state index is 0.0343. The van der Waals surface area contributed by atoms with Crippen LogP contribution in [-0.2, 0) is 20.4 Å². The van der Waals surface area contributed by atoms with Crippen molar-refractivity contribution in [3.05, 3.63) is 72.5 Å². The number of carbonyl (C=O) groups is 2. The average molecular weight is 518 g/mol. The van der Waals surface area contributed by atoms with Crippen LogP contribution >= 0.6 is 11.8 Å². The predicted molar refractivity (Wildman–Crippen MR) is 134 cm³/mol. The molecule has 0 bridgehead atoms. The molecular weight excluding hydrogens is 490 g/mol. The molecular formula is C22H27N5O6SSi. The summed E-state index contributed by atoms with van der Waals surface area (Å²) in [5.74, 6) is -2.31. The van der Waals surface area contributed by atoms with E-state index in [4.69, 9.17) is 9.96 Å². The maximum absolute atomic E-state index is 13.2. The summed E-state index contributed by atoms with van der Waals surface area (Å²) in [5, 5.41) is 26.1. The largest absolute Gasteiger partial charge is 0.477 e. The van der Waals surface area contributed by atoms with Crippen LogP contribution in [0.5, 0.6) is 0 Å². The lowest BCUT2D eigenvalue weighted by Gasteiger charge is -2.49. The smallest absolute Gasteiger partial charge is 0.353 e. The summed E-state index contributed by atoms with van der Waals surface area (Å²) < 4.78 is 6.20. The zero-order chi connectivity index (χ0) is 25.9. The Morgan fingerprint density at radius 3 is 2.60 bits per heavy atom. The third kappa shape index (κ3) is 5.76. The number of nitro benzene ring substituents is 1. The Hall–Kier alpha value is -3.12. The van der Waals surface area contributed by atoms with E-state index in [1.807, 2.05) is 26.6 Å². The molecule has 1 saturated heterocycles. The van der Waals surface area contributed by atoms with Gasteiger partial charge in [0.05, 0.1) is 23.0 Å². The maximum atomic E-state index is 13.2. The van der Waals surface area contributed by atoms with Gasteiger partial charge in [-0.25, -0.2) is 4.79 Å². The van der Waals surface area contributed by atoms with Gasteiger partial charge in [0, 0.05) is 34.4 Å². The summed E-state index contributed by atoms with van der Waals surface area (Å²) >= 11 is 1.18. The van der Waals surface area contributed by atoms with Crippen LogP contribution in [0.25, 0.3) is 10.4 Å². The summed E-state index contributed by atoms with van der Waals surface area (Å²) in [6.45, 7) is 8.06. The molecule has 13 heteroatoms. The van der Waals surface area contributed by atoms with Gasteiger partial charge in [-0.3, -0.25) is 14.9 Å². The Balaban J connectivity index is 1.98. The first-order chi connectivity index (χ1) is 16.5. The van der Waals surface area contributed by atoms with E-state index in [1.165, 1.54) is 28.8 Å². The standard InChI is InChI=1S/C22H27N5O6SSi/c1-13(33-35(2,3)4)17-18-16(12-14-6-8-15(9-7-14)27(31)32)20(34-11-5-10-24-25-23)19(22(29)30)26(18)21(17)28/h5-9,11,13,16-18H,10,12H2,1-4H3,(H,29,30)/b11-5-/t13-,16?,17-,18+/m1/s1. The topological polar surface area (TPSA) is 159 Å². The molecule has 0 saturated carbocycles. The molecule has 11 nitrogen and oxygen atoms in total. The zero-order valence-corrected chi connectivity index (χ0v) is 21.6. The molecule has 1 aromatic carbocycles. The van der Waals surface area contributed by atoms with E-state index in [0.29, 0.717) is 11.3 Å². The van der Waals surface area contributed by atoms with E-state index in [9.17, 15) is 24.8 Å². The minimum atomic E-state index is -1.96. The summed E-state index contributed by atoms with van der Waals surface area (Å²) in [7, 11) is -1.96. The molecule has 1 fully saturated rings. The SMILES string of the molecule is C[C@@H](O[Si](C)(C)C)[C@H]1C(=O)N2C(C(=O)O)=C(S/C=C\CN=[N+]=[N-])C(Cc3ccc([N+](=O)[O-])cc3)[C@@H]12. The lowest BCUT2D eigenvalue weighted by molar-refractivity contribution is -0.384. The van der Waals surface area contributed by atoms with Crippen molar-refractivity contribution in [1.29, 1.82) is 0 Å². The highest BCUT2D eigenvalue weighted by Gasteiger charge is 2.61. The third-order valence-electron chi connectivity index (χ3n) is 5.80. The Kier molecular flexibility index (Phi) is 8.06. The number of azide groups is 1. The van der Waals surface area contributed by atoms with E-state index >= 15 is 0 Å². The number of amides is 1. The van der Waals surface area contributed by atoms with E-state index in [0.717, 1.165) is 5.56 Å². The molecule has 0 aliphatic carbocycles. The highest BCUT2D eigenvalue weighted by molar-refractivity contribution is 8.05. The highest BCUT2D eigenvalue weighted by atomic mass is 32.2. The fraction of sp³-hybridized carbons (Fsp3) is 0.455. The molecule has 0 spiro atoms. The first kappa shape index (κ1) is 26.5. The number of benzene rings is 1. The lowest BCUT2D eigenvalue weighted by atomic mass is 9.76. The molecule has 1 aromatic rings. The normalized spacial score (nSPS) is 22.6. The fourth-order valence-corrected chi connectivity index (χ4v) is 6.89. The number of thioether (sulfide) groups is 1. The third-order valence-corrected chi connectivity index (χ3v) is 7.96. The average Bonchev–Trinajstić information content (AvgIpc) is 3.02. The molecule has 2 heterocycles. The second-order valence-electron chi connectivity index (χ2n) is 9.32. The zero-order valence-electron chi connectivity index (χ0n) is 19.8. The molecule has 2 aliphatic heterocycles. The number of carboxylic acid groups (broad SMARTS) is 1. The minimum Gasteiger partial charge on any atom is -0.477 e. The molecule has 3 rings (SSSR count). The number of nitrogens with zero attached hydrogens (tertiary/aromatic N) is 5. The van der Waals surface area contributed by atoms with E-state index in [1.54, 1.807) is 23.6 Å². The van der Waals surface area contributed by atoms with Crippen molar-refractivity contribution in [2.24, 2.45) is 17.0 Å². The molecule has 0 aromatic heterocycles. The van der Waals surface area contributed by atoms with Gasteiger partial charge in [-0.1, -0.05) is 23.3 Å². The number of hydrogen-bond donors (Lipinski definition) is 1. The van der Waals surface area contributed by atoms with Gasteiger partial charge in [0.2, 0.25) is 5.91 Å². The molecule has 1 amide bonds. The molecule has 2 aliphatic rings. The fourth-order valence-electron chi connectivity index (χ4n) is 4.60. The number of carboxylic acids is 1. The Morgan fingerprint density at radius 2 is 2.06 bits per heavy atom. The van der Waals surface area contributed by atoms with Gasteiger partial charge in [0.25, 0.3) is 5.69 Å². The second kappa shape index (κ2) is 10.6. The highest BCUT2D eigenvalue weighted by Crippen LogP contribution is 2.52.